The quantitative estimate of drug-likeness (QED) is 0.685. The number of benzene rings is 1. The number of alkyl halides is 3. The van der Waals surface area contributed by atoms with Crippen molar-refractivity contribution in [2.75, 3.05) is 11.9 Å². The molecule has 9 heteroatoms. The van der Waals surface area contributed by atoms with Crippen LogP contribution in [-0.4, -0.2) is 32.5 Å². The second-order valence-corrected chi connectivity index (χ2v) is 6.55. The highest BCUT2D eigenvalue weighted by atomic mass is 19.4. The molecule has 0 saturated carbocycles. The molecule has 0 spiro atoms. The number of aryl methyl sites for hydroxylation is 2. The number of rotatable bonds is 4. The minimum atomic E-state index is -4.43. The van der Waals surface area contributed by atoms with Crippen molar-refractivity contribution >= 4 is 11.7 Å². The number of carbonyl (C=O) groups is 1. The fourth-order valence-corrected chi connectivity index (χ4v) is 3.09. The molecular formula is C19H20F3N5O. The number of nitrogens with zero attached hydrogens (tertiary/aromatic N) is 5. The van der Waals surface area contributed by atoms with Crippen molar-refractivity contribution in [2.45, 2.75) is 26.4 Å². The summed E-state index contributed by atoms with van der Waals surface area (Å²) in [4.78, 5) is 14.2. The molecule has 6 nitrogen and oxygen atoms in total. The third-order valence-corrected chi connectivity index (χ3v) is 4.70. The summed E-state index contributed by atoms with van der Waals surface area (Å²) in [6, 6.07) is 6.69. The van der Waals surface area contributed by atoms with Crippen LogP contribution in [0.4, 0.5) is 19.0 Å². The Morgan fingerprint density at radius 2 is 1.93 bits per heavy atom. The molecule has 0 atom stereocenters. The number of hydrogen-bond donors (Lipinski definition) is 0. The predicted molar refractivity (Wildman–Crippen MR) is 98.4 cm³/mol. The molecule has 1 amide bonds. The van der Waals surface area contributed by atoms with Gasteiger partial charge in [0.2, 0.25) is 5.91 Å². The average Bonchev–Trinajstić information content (AvgIpc) is 3.18. The van der Waals surface area contributed by atoms with Gasteiger partial charge in [-0.3, -0.25) is 14.4 Å². The van der Waals surface area contributed by atoms with E-state index < -0.39 is 11.7 Å². The van der Waals surface area contributed by atoms with Gasteiger partial charge in [0, 0.05) is 31.4 Å². The molecular weight excluding hydrogens is 371 g/mol. The average molecular weight is 391 g/mol. The first kappa shape index (κ1) is 19.7. The van der Waals surface area contributed by atoms with Crippen LogP contribution in [0.5, 0.6) is 0 Å². The largest absolute Gasteiger partial charge is 0.416 e. The van der Waals surface area contributed by atoms with Crippen LogP contribution in [-0.2, 0) is 24.4 Å². The van der Waals surface area contributed by atoms with Gasteiger partial charge in [-0.25, -0.2) is 4.68 Å². The van der Waals surface area contributed by atoms with Crippen molar-refractivity contribution in [3.05, 3.63) is 59.0 Å². The summed E-state index contributed by atoms with van der Waals surface area (Å²) < 4.78 is 42.1. The zero-order chi connectivity index (χ0) is 20.6. The minimum Gasteiger partial charge on any atom is -0.300 e. The second kappa shape index (κ2) is 7.14. The fraction of sp³-hybridized carbons (Fsp3) is 0.316. The van der Waals surface area contributed by atoms with Crippen LogP contribution in [0.25, 0.3) is 5.69 Å². The molecule has 0 aliphatic rings. The molecule has 0 aliphatic carbocycles. The number of carbonyl (C=O) groups excluding carboxylic acids is 1. The molecule has 0 N–H and O–H groups in total. The molecule has 1 aromatic carbocycles. The molecule has 0 fully saturated rings. The highest BCUT2D eigenvalue weighted by molar-refractivity contribution is 5.93. The molecule has 3 aromatic rings. The first-order chi connectivity index (χ1) is 13.1. The highest BCUT2D eigenvalue weighted by Crippen LogP contribution is 2.31. The molecule has 3 rings (SSSR count). The molecule has 28 heavy (non-hydrogen) atoms. The van der Waals surface area contributed by atoms with E-state index in [1.165, 1.54) is 15.6 Å². The summed E-state index contributed by atoms with van der Waals surface area (Å²) in [5, 5.41) is 8.41. The molecule has 0 bridgehead atoms. The van der Waals surface area contributed by atoms with Gasteiger partial charge in [0.25, 0.3) is 0 Å². The Bertz CT molecular complexity index is 1020. The maximum Gasteiger partial charge on any atom is 0.416 e. The lowest BCUT2D eigenvalue weighted by Crippen LogP contribution is -2.29. The maximum atomic E-state index is 13.0. The van der Waals surface area contributed by atoms with E-state index in [-0.39, 0.29) is 12.3 Å². The van der Waals surface area contributed by atoms with E-state index in [0.29, 0.717) is 28.5 Å². The Balaban J connectivity index is 1.91. The Morgan fingerprint density at radius 1 is 1.21 bits per heavy atom. The third kappa shape index (κ3) is 3.64. The van der Waals surface area contributed by atoms with Crippen molar-refractivity contribution < 1.29 is 18.0 Å². The zero-order valence-electron chi connectivity index (χ0n) is 15.9. The Kier molecular flexibility index (Phi) is 5.01. The molecule has 2 aromatic heterocycles. The first-order valence-electron chi connectivity index (χ1n) is 8.57. The lowest BCUT2D eigenvalue weighted by atomic mass is 10.1. The van der Waals surface area contributed by atoms with Gasteiger partial charge in [0.1, 0.15) is 5.82 Å². The number of hydrogen-bond acceptors (Lipinski definition) is 3. The summed E-state index contributed by atoms with van der Waals surface area (Å²) >= 11 is 0. The Hall–Kier alpha value is -3.10. The molecule has 0 saturated heterocycles. The van der Waals surface area contributed by atoms with Gasteiger partial charge in [0.05, 0.1) is 29.6 Å². The highest BCUT2D eigenvalue weighted by Gasteiger charge is 2.31. The predicted octanol–water partition coefficient (Wildman–Crippen LogP) is 3.45. The first-order valence-corrected chi connectivity index (χ1v) is 8.57. The van der Waals surface area contributed by atoms with E-state index in [1.54, 1.807) is 51.0 Å². The van der Waals surface area contributed by atoms with Gasteiger partial charge in [-0.05, 0) is 32.0 Å². The van der Waals surface area contributed by atoms with Crippen LogP contribution in [0.2, 0.25) is 0 Å². The number of likely N-dealkylation sites (N-methyl/N-ethyl adjacent to an activating group) is 1. The summed E-state index contributed by atoms with van der Waals surface area (Å²) in [6.07, 6.45) is -2.75. The smallest absolute Gasteiger partial charge is 0.300 e. The van der Waals surface area contributed by atoms with E-state index >= 15 is 0 Å². The van der Waals surface area contributed by atoms with Crippen molar-refractivity contribution in [3.8, 4) is 5.69 Å². The van der Waals surface area contributed by atoms with E-state index in [1.807, 2.05) is 0 Å². The zero-order valence-corrected chi connectivity index (χ0v) is 15.9. The van der Waals surface area contributed by atoms with Crippen molar-refractivity contribution in [2.24, 2.45) is 7.05 Å². The van der Waals surface area contributed by atoms with Crippen LogP contribution in [0.3, 0.4) is 0 Å². The number of halogens is 3. The standard InChI is InChI=1S/C19H20F3N5O/c1-12-16(11-18(28)25(3)17-8-9-23-26(17)4)13(2)27(24-12)15-7-5-6-14(10-15)19(20,21)22/h5-10H,11H2,1-4H3. The SMILES string of the molecule is Cc1nn(-c2cccc(C(F)(F)F)c2)c(C)c1CC(=O)N(C)c1ccnn1C. The number of aromatic nitrogens is 4. The van der Waals surface area contributed by atoms with Crippen LogP contribution in [0, 0.1) is 13.8 Å². The Labute approximate surface area is 160 Å². The van der Waals surface area contributed by atoms with Crippen LogP contribution in [0.1, 0.15) is 22.5 Å². The van der Waals surface area contributed by atoms with E-state index in [9.17, 15) is 18.0 Å². The summed E-state index contributed by atoms with van der Waals surface area (Å²) in [7, 11) is 3.39. The molecule has 0 aliphatic heterocycles. The van der Waals surface area contributed by atoms with Crippen LogP contribution >= 0.6 is 0 Å². The van der Waals surface area contributed by atoms with Gasteiger partial charge in [0.15, 0.2) is 0 Å². The van der Waals surface area contributed by atoms with E-state index in [4.69, 9.17) is 0 Å². The fourth-order valence-electron chi connectivity index (χ4n) is 3.09. The Morgan fingerprint density at radius 3 is 2.54 bits per heavy atom. The van der Waals surface area contributed by atoms with Gasteiger partial charge in [-0.15, -0.1) is 0 Å². The lowest BCUT2D eigenvalue weighted by Gasteiger charge is -2.17. The maximum absolute atomic E-state index is 13.0. The van der Waals surface area contributed by atoms with E-state index in [2.05, 4.69) is 10.2 Å². The van der Waals surface area contributed by atoms with Gasteiger partial charge in [-0.1, -0.05) is 6.07 Å². The van der Waals surface area contributed by atoms with Crippen molar-refractivity contribution in [3.63, 3.8) is 0 Å². The summed E-state index contributed by atoms with van der Waals surface area (Å²) in [6.45, 7) is 3.48. The lowest BCUT2D eigenvalue weighted by molar-refractivity contribution is -0.137. The van der Waals surface area contributed by atoms with E-state index in [0.717, 1.165) is 12.1 Å². The topological polar surface area (TPSA) is 56.0 Å². The minimum absolute atomic E-state index is 0.0817. The van der Waals surface area contributed by atoms with Crippen molar-refractivity contribution in [1.29, 1.82) is 0 Å². The third-order valence-electron chi connectivity index (χ3n) is 4.70. The van der Waals surface area contributed by atoms with Gasteiger partial charge < -0.3 is 0 Å². The van der Waals surface area contributed by atoms with Gasteiger partial charge in [-0.2, -0.15) is 23.4 Å². The van der Waals surface area contributed by atoms with Crippen LogP contribution < -0.4 is 4.90 Å². The molecule has 2 heterocycles. The molecule has 148 valence electrons. The monoisotopic (exact) mass is 391 g/mol. The normalized spacial score (nSPS) is 11.7. The second-order valence-electron chi connectivity index (χ2n) is 6.55. The van der Waals surface area contributed by atoms with Crippen molar-refractivity contribution in [1.82, 2.24) is 19.6 Å². The van der Waals surface area contributed by atoms with Crippen LogP contribution in [0.15, 0.2) is 36.5 Å². The molecule has 0 unspecified atom stereocenters. The molecule has 0 radical (unpaired) electrons. The number of anilines is 1. The number of amides is 1. The summed E-state index contributed by atoms with van der Waals surface area (Å²) in [5.74, 6) is 0.476. The summed E-state index contributed by atoms with van der Waals surface area (Å²) in [5.41, 5.74) is 1.47. The van der Waals surface area contributed by atoms with Gasteiger partial charge >= 0.3 is 6.18 Å².